The number of hydrogen-bond acceptors (Lipinski definition) is 3. The quantitative estimate of drug-likeness (QED) is 0.779. The monoisotopic (exact) mass is 371 g/mol. The third-order valence-electron chi connectivity index (χ3n) is 4.19. The summed E-state index contributed by atoms with van der Waals surface area (Å²) in [6.07, 6.45) is 3.31. The zero-order chi connectivity index (χ0) is 18.5. The molecule has 136 valence electrons. The van der Waals surface area contributed by atoms with E-state index in [0.29, 0.717) is 18.2 Å². The first kappa shape index (κ1) is 18.3. The predicted octanol–water partition coefficient (Wildman–Crippen LogP) is 4.64. The van der Waals surface area contributed by atoms with Crippen LogP contribution in [-0.4, -0.2) is 19.1 Å². The lowest BCUT2D eigenvalue weighted by molar-refractivity contribution is -0.117. The molecule has 0 bridgehead atoms. The minimum absolute atomic E-state index is 0.117. The van der Waals surface area contributed by atoms with Gasteiger partial charge in [-0.1, -0.05) is 43.6 Å². The van der Waals surface area contributed by atoms with Crippen molar-refractivity contribution in [2.45, 2.75) is 19.9 Å². The molecule has 2 aromatic rings. The highest BCUT2D eigenvalue weighted by atomic mass is 35.5. The van der Waals surface area contributed by atoms with E-state index in [4.69, 9.17) is 21.1 Å². The fourth-order valence-corrected chi connectivity index (χ4v) is 2.96. The van der Waals surface area contributed by atoms with Gasteiger partial charge in [-0.3, -0.25) is 4.79 Å². The second kappa shape index (κ2) is 8.28. The van der Waals surface area contributed by atoms with Crippen molar-refractivity contribution >= 4 is 23.6 Å². The maximum atomic E-state index is 12.4. The minimum Gasteiger partial charge on any atom is -0.486 e. The molecule has 4 nitrogen and oxygen atoms in total. The van der Waals surface area contributed by atoms with Crippen molar-refractivity contribution in [3.05, 3.63) is 64.7 Å². The van der Waals surface area contributed by atoms with E-state index in [1.54, 1.807) is 18.2 Å². The molecular formula is C21H22ClNO3. The van der Waals surface area contributed by atoms with Crippen LogP contribution in [0.1, 0.15) is 31.0 Å². The van der Waals surface area contributed by atoms with E-state index in [-0.39, 0.29) is 17.9 Å². The SMILES string of the molecule is CC(C)[C@H](NC(=O)/C=C/c1ccc(Cl)cc1)c1ccc2c(c1)OCCO2. The molecular weight excluding hydrogens is 350 g/mol. The fraction of sp³-hybridized carbons (Fsp3) is 0.286. The van der Waals surface area contributed by atoms with Crippen molar-refractivity contribution in [2.24, 2.45) is 5.92 Å². The predicted molar refractivity (Wildman–Crippen MR) is 104 cm³/mol. The van der Waals surface area contributed by atoms with E-state index in [9.17, 15) is 4.79 Å². The van der Waals surface area contributed by atoms with Crippen molar-refractivity contribution < 1.29 is 14.3 Å². The summed E-state index contributed by atoms with van der Waals surface area (Å²) in [5, 5.41) is 3.74. The first-order chi connectivity index (χ1) is 12.5. The molecule has 0 unspecified atom stereocenters. The molecule has 1 heterocycles. The normalized spacial score (nSPS) is 14.5. The van der Waals surface area contributed by atoms with E-state index in [1.165, 1.54) is 6.08 Å². The van der Waals surface area contributed by atoms with Crippen LogP contribution < -0.4 is 14.8 Å². The Morgan fingerprint density at radius 3 is 2.46 bits per heavy atom. The summed E-state index contributed by atoms with van der Waals surface area (Å²) >= 11 is 5.87. The zero-order valence-electron chi connectivity index (χ0n) is 14.9. The van der Waals surface area contributed by atoms with Gasteiger partial charge in [0, 0.05) is 11.1 Å². The highest BCUT2D eigenvalue weighted by molar-refractivity contribution is 6.30. The van der Waals surface area contributed by atoms with Crippen LogP contribution >= 0.6 is 11.6 Å². The van der Waals surface area contributed by atoms with Crippen LogP contribution in [0, 0.1) is 5.92 Å². The number of fused-ring (bicyclic) bond motifs is 1. The van der Waals surface area contributed by atoms with E-state index >= 15 is 0 Å². The summed E-state index contributed by atoms with van der Waals surface area (Å²) in [5.41, 5.74) is 1.92. The molecule has 1 atom stereocenters. The Balaban J connectivity index is 1.72. The highest BCUT2D eigenvalue weighted by Crippen LogP contribution is 2.34. The fourth-order valence-electron chi connectivity index (χ4n) is 2.84. The van der Waals surface area contributed by atoms with Gasteiger partial charge in [0.2, 0.25) is 5.91 Å². The Labute approximate surface area is 158 Å². The molecule has 5 heteroatoms. The molecule has 1 aliphatic rings. The lowest BCUT2D eigenvalue weighted by Crippen LogP contribution is -2.30. The van der Waals surface area contributed by atoms with Gasteiger partial charge in [-0.25, -0.2) is 0 Å². The highest BCUT2D eigenvalue weighted by Gasteiger charge is 2.20. The number of carbonyl (C=O) groups excluding carboxylic acids is 1. The van der Waals surface area contributed by atoms with Gasteiger partial charge >= 0.3 is 0 Å². The van der Waals surface area contributed by atoms with E-state index in [2.05, 4.69) is 19.2 Å². The minimum atomic E-state index is -0.145. The van der Waals surface area contributed by atoms with Crippen LogP contribution in [0.25, 0.3) is 6.08 Å². The van der Waals surface area contributed by atoms with Crippen molar-refractivity contribution in [1.82, 2.24) is 5.32 Å². The zero-order valence-corrected chi connectivity index (χ0v) is 15.6. The van der Waals surface area contributed by atoms with Crippen LogP contribution in [0.5, 0.6) is 11.5 Å². The Bertz CT molecular complexity index is 799. The van der Waals surface area contributed by atoms with Gasteiger partial charge < -0.3 is 14.8 Å². The maximum Gasteiger partial charge on any atom is 0.244 e. The summed E-state index contributed by atoms with van der Waals surface area (Å²) in [6.45, 7) is 5.25. The van der Waals surface area contributed by atoms with Crippen molar-refractivity contribution in [3.63, 3.8) is 0 Å². The molecule has 0 fully saturated rings. The molecule has 0 saturated carbocycles. The van der Waals surface area contributed by atoms with Gasteiger partial charge in [0.25, 0.3) is 0 Å². The molecule has 1 N–H and O–H groups in total. The molecule has 1 aliphatic heterocycles. The lowest BCUT2D eigenvalue weighted by atomic mass is 9.95. The Morgan fingerprint density at radius 1 is 1.08 bits per heavy atom. The average molecular weight is 372 g/mol. The van der Waals surface area contributed by atoms with Gasteiger partial charge in [-0.15, -0.1) is 0 Å². The number of benzene rings is 2. The number of halogens is 1. The molecule has 0 aliphatic carbocycles. The summed E-state index contributed by atoms with van der Waals surface area (Å²) in [6, 6.07) is 13.0. The standard InChI is InChI=1S/C21H22ClNO3/c1-14(2)21(16-6-9-18-19(13-16)26-12-11-25-18)23-20(24)10-5-15-3-7-17(22)8-4-15/h3-10,13-14,21H,11-12H2,1-2H3,(H,23,24)/b10-5+/t21-/m0/s1. The van der Waals surface area contributed by atoms with Gasteiger partial charge in [0.1, 0.15) is 13.2 Å². The second-order valence-electron chi connectivity index (χ2n) is 6.52. The number of nitrogens with one attached hydrogen (secondary N) is 1. The Morgan fingerprint density at radius 2 is 1.77 bits per heavy atom. The first-order valence-corrected chi connectivity index (χ1v) is 9.04. The second-order valence-corrected chi connectivity index (χ2v) is 6.95. The number of hydrogen-bond donors (Lipinski definition) is 1. The molecule has 0 saturated heterocycles. The molecule has 0 aromatic heterocycles. The van der Waals surface area contributed by atoms with Crippen LogP contribution in [0.3, 0.4) is 0 Å². The van der Waals surface area contributed by atoms with Gasteiger partial charge in [0.05, 0.1) is 6.04 Å². The van der Waals surface area contributed by atoms with Crippen LogP contribution in [0.4, 0.5) is 0 Å². The molecule has 0 radical (unpaired) electrons. The van der Waals surface area contributed by atoms with Gasteiger partial charge in [0.15, 0.2) is 11.5 Å². The van der Waals surface area contributed by atoms with Crippen LogP contribution in [0.15, 0.2) is 48.5 Å². The van der Waals surface area contributed by atoms with Crippen molar-refractivity contribution in [3.8, 4) is 11.5 Å². The largest absolute Gasteiger partial charge is 0.486 e. The topological polar surface area (TPSA) is 47.6 Å². The van der Waals surface area contributed by atoms with Crippen LogP contribution in [-0.2, 0) is 4.79 Å². The van der Waals surface area contributed by atoms with Gasteiger partial charge in [-0.2, -0.15) is 0 Å². The van der Waals surface area contributed by atoms with Crippen molar-refractivity contribution in [1.29, 1.82) is 0 Å². The summed E-state index contributed by atoms with van der Waals surface area (Å²) in [5.74, 6) is 1.56. The van der Waals surface area contributed by atoms with E-state index < -0.39 is 0 Å². The number of rotatable bonds is 5. The third-order valence-corrected chi connectivity index (χ3v) is 4.44. The molecule has 2 aromatic carbocycles. The Hall–Kier alpha value is -2.46. The van der Waals surface area contributed by atoms with E-state index in [1.807, 2.05) is 30.3 Å². The third kappa shape index (κ3) is 4.58. The van der Waals surface area contributed by atoms with E-state index in [0.717, 1.165) is 22.6 Å². The Kier molecular flexibility index (Phi) is 5.84. The molecule has 26 heavy (non-hydrogen) atoms. The van der Waals surface area contributed by atoms with Crippen molar-refractivity contribution in [2.75, 3.05) is 13.2 Å². The number of carbonyl (C=O) groups is 1. The smallest absolute Gasteiger partial charge is 0.244 e. The summed E-state index contributed by atoms with van der Waals surface area (Å²) < 4.78 is 11.2. The molecule has 1 amide bonds. The first-order valence-electron chi connectivity index (χ1n) is 8.66. The molecule has 3 rings (SSSR count). The summed E-state index contributed by atoms with van der Waals surface area (Å²) in [7, 11) is 0. The average Bonchev–Trinajstić information content (AvgIpc) is 2.65. The number of amides is 1. The number of ether oxygens (including phenoxy) is 2. The lowest BCUT2D eigenvalue weighted by Gasteiger charge is -2.25. The maximum absolute atomic E-state index is 12.4. The molecule has 0 spiro atoms. The summed E-state index contributed by atoms with van der Waals surface area (Å²) in [4.78, 5) is 12.4. The van der Waals surface area contributed by atoms with Gasteiger partial charge in [-0.05, 0) is 47.4 Å². The van der Waals surface area contributed by atoms with Crippen LogP contribution in [0.2, 0.25) is 5.02 Å².